The first-order chi connectivity index (χ1) is 7.76. The SMILES string of the molecule is COC(=O)C(CO)c1cc2ccccc2s1. The Morgan fingerprint density at radius 1 is 1.50 bits per heavy atom. The number of hydrogen-bond acceptors (Lipinski definition) is 4. The normalized spacial score (nSPS) is 12.6. The summed E-state index contributed by atoms with van der Waals surface area (Å²) in [4.78, 5) is 12.3. The molecule has 1 atom stereocenters. The molecule has 1 aromatic carbocycles. The minimum Gasteiger partial charge on any atom is -0.468 e. The van der Waals surface area contributed by atoms with Gasteiger partial charge in [0.15, 0.2) is 0 Å². The maximum Gasteiger partial charge on any atom is 0.316 e. The van der Waals surface area contributed by atoms with Crippen molar-refractivity contribution in [2.75, 3.05) is 13.7 Å². The van der Waals surface area contributed by atoms with Crippen molar-refractivity contribution >= 4 is 27.4 Å². The summed E-state index contributed by atoms with van der Waals surface area (Å²) in [5, 5.41) is 10.3. The molecule has 1 aromatic heterocycles. The van der Waals surface area contributed by atoms with E-state index in [0.29, 0.717) is 0 Å². The molecule has 1 heterocycles. The van der Waals surface area contributed by atoms with Crippen molar-refractivity contribution in [3.05, 3.63) is 35.2 Å². The Balaban J connectivity index is 2.41. The first-order valence-electron chi connectivity index (χ1n) is 4.93. The van der Waals surface area contributed by atoms with Crippen LogP contribution in [0.2, 0.25) is 0 Å². The van der Waals surface area contributed by atoms with E-state index in [1.165, 1.54) is 18.4 Å². The van der Waals surface area contributed by atoms with Gasteiger partial charge in [0.1, 0.15) is 5.92 Å². The zero-order valence-corrected chi connectivity index (χ0v) is 9.66. The lowest BCUT2D eigenvalue weighted by Crippen LogP contribution is -2.16. The smallest absolute Gasteiger partial charge is 0.316 e. The molecule has 1 N–H and O–H groups in total. The van der Waals surface area contributed by atoms with E-state index in [1.54, 1.807) is 0 Å². The molecule has 0 spiro atoms. The summed E-state index contributed by atoms with van der Waals surface area (Å²) < 4.78 is 5.77. The molecule has 0 amide bonds. The lowest BCUT2D eigenvalue weighted by molar-refractivity contribution is -0.143. The Morgan fingerprint density at radius 2 is 2.25 bits per heavy atom. The van der Waals surface area contributed by atoms with Gasteiger partial charge in [0.2, 0.25) is 0 Å². The van der Waals surface area contributed by atoms with Crippen LogP contribution in [0.3, 0.4) is 0 Å². The second-order valence-corrected chi connectivity index (χ2v) is 4.56. The molecule has 0 aliphatic heterocycles. The molecule has 0 bridgehead atoms. The van der Waals surface area contributed by atoms with Crippen molar-refractivity contribution in [1.82, 2.24) is 0 Å². The first-order valence-corrected chi connectivity index (χ1v) is 5.75. The largest absolute Gasteiger partial charge is 0.468 e. The van der Waals surface area contributed by atoms with Gasteiger partial charge in [-0.05, 0) is 17.5 Å². The number of esters is 1. The molecule has 84 valence electrons. The zero-order valence-electron chi connectivity index (χ0n) is 8.84. The third-order valence-electron chi connectivity index (χ3n) is 2.46. The highest BCUT2D eigenvalue weighted by atomic mass is 32.1. The van der Waals surface area contributed by atoms with Gasteiger partial charge in [0, 0.05) is 9.58 Å². The quantitative estimate of drug-likeness (QED) is 0.831. The van der Waals surface area contributed by atoms with Crippen molar-refractivity contribution in [3.63, 3.8) is 0 Å². The third kappa shape index (κ3) is 1.94. The van der Waals surface area contributed by atoms with Gasteiger partial charge < -0.3 is 9.84 Å². The molecule has 3 nitrogen and oxygen atoms in total. The first kappa shape index (κ1) is 11.1. The Morgan fingerprint density at radius 3 is 2.88 bits per heavy atom. The number of ether oxygens (including phenoxy) is 1. The van der Waals surface area contributed by atoms with Crippen LogP contribution in [0.1, 0.15) is 10.8 Å². The van der Waals surface area contributed by atoms with E-state index >= 15 is 0 Å². The standard InChI is InChI=1S/C12H12O3S/c1-15-12(14)9(7-13)11-6-8-4-2-3-5-10(8)16-11/h2-6,9,13H,7H2,1H3. The topological polar surface area (TPSA) is 46.5 Å². The van der Waals surface area contributed by atoms with Gasteiger partial charge in [-0.1, -0.05) is 18.2 Å². The second-order valence-electron chi connectivity index (χ2n) is 3.44. The second kappa shape index (κ2) is 4.63. The van der Waals surface area contributed by atoms with Gasteiger partial charge in [-0.2, -0.15) is 0 Å². The average molecular weight is 236 g/mol. The molecule has 0 aliphatic rings. The maximum absolute atomic E-state index is 11.4. The fourth-order valence-electron chi connectivity index (χ4n) is 1.60. The fraction of sp³-hybridized carbons (Fsp3) is 0.250. The van der Waals surface area contributed by atoms with Crippen LogP contribution in [0.15, 0.2) is 30.3 Å². The van der Waals surface area contributed by atoms with Crippen LogP contribution >= 0.6 is 11.3 Å². The number of hydrogen-bond donors (Lipinski definition) is 1. The Labute approximate surface area is 97.3 Å². The number of fused-ring (bicyclic) bond motifs is 1. The summed E-state index contributed by atoms with van der Waals surface area (Å²) in [5.41, 5.74) is 0. The van der Waals surface area contributed by atoms with E-state index in [2.05, 4.69) is 4.74 Å². The summed E-state index contributed by atoms with van der Waals surface area (Å²) in [7, 11) is 1.33. The minimum atomic E-state index is -0.567. The number of methoxy groups -OCH3 is 1. The number of rotatable bonds is 3. The molecule has 1 unspecified atom stereocenters. The molecule has 0 aliphatic carbocycles. The van der Waals surface area contributed by atoms with Gasteiger partial charge in [-0.25, -0.2) is 0 Å². The lowest BCUT2D eigenvalue weighted by Gasteiger charge is -2.08. The summed E-state index contributed by atoms with van der Waals surface area (Å²) in [5.74, 6) is -0.962. The van der Waals surface area contributed by atoms with Crippen molar-refractivity contribution in [2.24, 2.45) is 0 Å². The van der Waals surface area contributed by atoms with Gasteiger partial charge in [0.05, 0.1) is 13.7 Å². The maximum atomic E-state index is 11.4. The summed E-state index contributed by atoms with van der Waals surface area (Å²) in [6.45, 7) is -0.223. The monoisotopic (exact) mass is 236 g/mol. The van der Waals surface area contributed by atoms with E-state index in [4.69, 9.17) is 0 Å². The highest BCUT2D eigenvalue weighted by molar-refractivity contribution is 7.19. The Bertz CT molecular complexity index is 471. The van der Waals surface area contributed by atoms with E-state index in [9.17, 15) is 9.90 Å². The van der Waals surface area contributed by atoms with Crippen LogP contribution in [0.25, 0.3) is 10.1 Å². The van der Waals surface area contributed by atoms with E-state index in [0.717, 1.165) is 15.0 Å². The van der Waals surface area contributed by atoms with Crippen LogP contribution in [0.5, 0.6) is 0 Å². The molecular weight excluding hydrogens is 224 g/mol. The van der Waals surface area contributed by atoms with E-state index in [-0.39, 0.29) is 6.61 Å². The fourth-order valence-corrected chi connectivity index (χ4v) is 2.74. The third-order valence-corrected chi connectivity index (χ3v) is 3.69. The van der Waals surface area contributed by atoms with Crippen molar-refractivity contribution < 1.29 is 14.6 Å². The number of carbonyl (C=O) groups is 1. The summed E-state index contributed by atoms with van der Waals surface area (Å²) in [6.07, 6.45) is 0. The van der Waals surface area contributed by atoms with Gasteiger partial charge in [-0.15, -0.1) is 11.3 Å². The molecule has 0 radical (unpaired) electrons. The van der Waals surface area contributed by atoms with Gasteiger partial charge in [-0.3, -0.25) is 4.79 Å². The predicted molar refractivity (Wildman–Crippen MR) is 63.7 cm³/mol. The van der Waals surface area contributed by atoms with Crippen LogP contribution < -0.4 is 0 Å². The predicted octanol–water partition coefficient (Wildman–Crippen LogP) is 2.15. The molecule has 4 heteroatoms. The number of thiophene rings is 1. The van der Waals surface area contributed by atoms with Crippen molar-refractivity contribution in [2.45, 2.75) is 5.92 Å². The number of aliphatic hydroxyl groups excluding tert-OH is 1. The molecule has 2 rings (SSSR count). The Hall–Kier alpha value is -1.39. The van der Waals surface area contributed by atoms with Gasteiger partial charge in [0.25, 0.3) is 0 Å². The molecule has 0 fully saturated rings. The van der Waals surface area contributed by atoms with E-state index < -0.39 is 11.9 Å². The zero-order chi connectivity index (χ0) is 11.5. The summed E-state index contributed by atoms with van der Waals surface area (Å²) in [6, 6.07) is 9.81. The van der Waals surface area contributed by atoms with Crippen LogP contribution in [-0.4, -0.2) is 24.8 Å². The van der Waals surface area contributed by atoms with Crippen LogP contribution in [-0.2, 0) is 9.53 Å². The molecule has 0 saturated heterocycles. The molecular formula is C12H12O3S. The van der Waals surface area contributed by atoms with Crippen molar-refractivity contribution in [3.8, 4) is 0 Å². The van der Waals surface area contributed by atoms with E-state index in [1.807, 2.05) is 30.3 Å². The Kier molecular flexibility index (Phi) is 3.22. The molecule has 0 saturated carbocycles. The average Bonchev–Trinajstić information content (AvgIpc) is 2.72. The highest BCUT2D eigenvalue weighted by Gasteiger charge is 2.22. The lowest BCUT2D eigenvalue weighted by atomic mass is 10.1. The van der Waals surface area contributed by atoms with Crippen LogP contribution in [0, 0.1) is 0 Å². The minimum absolute atomic E-state index is 0.223. The number of aliphatic hydroxyl groups is 1. The van der Waals surface area contributed by atoms with Gasteiger partial charge >= 0.3 is 5.97 Å². The summed E-state index contributed by atoms with van der Waals surface area (Å²) >= 11 is 1.51. The highest BCUT2D eigenvalue weighted by Crippen LogP contribution is 2.31. The van der Waals surface area contributed by atoms with Crippen molar-refractivity contribution in [1.29, 1.82) is 0 Å². The molecule has 2 aromatic rings. The van der Waals surface area contributed by atoms with Crippen LogP contribution in [0.4, 0.5) is 0 Å². The molecule has 16 heavy (non-hydrogen) atoms. The number of carbonyl (C=O) groups excluding carboxylic acids is 1. The number of benzene rings is 1.